The van der Waals surface area contributed by atoms with Gasteiger partial charge in [-0.25, -0.2) is 4.98 Å². The molecule has 2 aromatic rings. The Hall–Kier alpha value is -1.61. The first kappa shape index (κ1) is 12.8. The van der Waals surface area contributed by atoms with Crippen LogP contribution in [0, 0.1) is 0 Å². The van der Waals surface area contributed by atoms with Crippen molar-refractivity contribution in [3.05, 3.63) is 54.1 Å². The number of aromatic nitrogens is 2. The summed E-state index contributed by atoms with van der Waals surface area (Å²) in [6.07, 6.45) is 4.79. The van der Waals surface area contributed by atoms with Crippen LogP contribution in [0.2, 0.25) is 0 Å². The minimum Gasteiger partial charge on any atom is -0.387 e. The SMILES string of the molecule is CC(C)(C)c1ccc([C@@H](O)Cn2ccnc2)cc1. The molecule has 0 unspecified atom stereocenters. The molecule has 1 N–H and O–H groups in total. The zero-order valence-corrected chi connectivity index (χ0v) is 11.2. The Labute approximate surface area is 108 Å². The lowest BCUT2D eigenvalue weighted by molar-refractivity contribution is 0.156. The van der Waals surface area contributed by atoms with Gasteiger partial charge in [-0.15, -0.1) is 0 Å². The summed E-state index contributed by atoms with van der Waals surface area (Å²) in [6, 6.07) is 8.18. The third kappa shape index (κ3) is 2.99. The molecule has 0 amide bonds. The quantitative estimate of drug-likeness (QED) is 0.901. The maximum Gasteiger partial charge on any atom is 0.0969 e. The van der Waals surface area contributed by atoms with Gasteiger partial charge in [-0.05, 0) is 16.5 Å². The molecular weight excluding hydrogens is 224 g/mol. The lowest BCUT2D eigenvalue weighted by atomic mass is 9.86. The van der Waals surface area contributed by atoms with Gasteiger partial charge in [-0.2, -0.15) is 0 Å². The predicted octanol–water partition coefficient (Wildman–Crippen LogP) is 2.91. The highest BCUT2D eigenvalue weighted by molar-refractivity contribution is 5.28. The van der Waals surface area contributed by atoms with Crippen molar-refractivity contribution in [1.29, 1.82) is 0 Å². The number of benzene rings is 1. The Morgan fingerprint density at radius 2 is 1.89 bits per heavy atom. The normalized spacial score (nSPS) is 13.6. The van der Waals surface area contributed by atoms with Crippen molar-refractivity contribution >= 4 is 0 Å². The van der Waals surface area contributed by atoms with Crippen LogP contribution >= 0.6 is 0 Å². The van der Waals surface area contributed by atoms with E-state index < -0.39 is 6.10 Å². The van der Waals surface area contributed by atoms with E-state index in [2.05, 4.69) is 37.9 Å². The van der Waals surface area contributed by atoms with Gasteiger partial charge >= 0.3 is 0 Å². The molecule has 1 aromatic carbocycles. The molecule has 0 bridgehead atoms. The van der Waals surface area contributed by atoms with Gasteiger partial charge in [0.1, 0.15) is 0 Å². The summed E-state index contributed by atoms with van der Waals surface area (Å²) in [4.78, 5) is 3.97. The Morgan fingerprint density at radius 3 is 2.39 bits per heavy atom. The van der Waals surface area contributed by atoms with Crippen LogP contribution in [0.15, 0.2) is 43.0 Å². The lowest BCUT2D eigenvalue weighted by Gasteiger charge is -2.20. The van der Waals surface area contributed by atoms with Crippen LogP contribution in [0.5, 0.6) is 0 Å². The molecule has 2 rings (SSSR count). The van der Waals surface area contributed by atoms with Crippen LogP contribution in [0.25, 0.3) is 0 Å². The van der Waals surface area contributed by atoms with E-state index in [-0.39, 0.29) is 5.41 Å². The summed E-state index contributed by atoms with van der Waals surface area (Å²) in [7, 11) is 0. The minimum absolute atomic E-state index is 0.147. The second kappa shape index (κ2) is 4.94. The molecule has 0 aliphatic carbocycles. The number of hydrogen-bond acceptors (Lipinski definition) is 2. The molecule has 0 aliphatic rings. The molecule has 3 nitrogen and oxygen atoms in total. The molecular formula is C15H20N2O. The fourth-order valence-corrected chi connectivity index (χ4v) is 1.91. The average Bonchev–Trinajstić information content (AvgIpc) is 2.81. The topological polar surface area (TPSA) is 38.0 Å². The summed E-state index contributed by atoms with van der Waals surface area (Å²) in [5, 5.41) is 10.1. The Morgan fingerprint density at radius 1 is 1.22 bits per heavy atom. The van der Waals surface area contributed by atoms with Crippen molar-refractivity contribution in [3.63, 3.8) is 0 Å². The molecule has 0 spiro atoms. The highest BCUT2D eigenvalue weighted by Crippen LogP contribution is 2.24. The van der Waals surface area contributed by atoms with Crippen LogP contribution in [0.3, 0.4) is 0 Å². The molecule has 0 radical (unpaired) electrons. The van der Waals surface area contributed by atoms with Crippen molar-refractivity contribution in [3.8, 4) is 0 Å². The van der Waals surface area contributed by atoms with Gasteiger partial charge in [0.05, 0.1) is 19.0 Å². The highest BCUT2D eigenvalue weighted by Gasteiger charge is 2.14. The first-order valence-electron chi connectivity index (χ1n) is 6.21. The number of hydrogen-bond donors (Lipinski definition) is 1. The van der Waals surface area contributed by atoms with Gasteiger partial charge < -0.3 is 9.67 Å². The van der Waals surface area contributed by atoms with Gasteiger partial charge in [-0.1, -0.05) is 45.0 Å². The lowest BCUT2D eigenvalue weighted by Crippen LogP contribution is -2.12. The van der Waals surface area contributed by atoms with Gasteiger partial charge in [-0.3, -0.25) is 0 Å². The van der Waals surface area contributed by atoms with Crippen molar-refractivity contribution in [2.45, 2.75) is 38.8 Å². The second-order valence-electron chi connectivity index (χ2n) is 5.65. The molecule has 0 saturated heterocycles. The first-order chi connectivity index (χ1) is 8.47. The van der Waals surface area contributed by atoms with E-state index in [9.17, 15) is 5.11 Å². The van der Waals surface area contributed by atoms with Crippen molar-refractivity contribution in [2.75, 3.05) is 0 Å². The van der Waals surface area contributed by atoms with Crippen LogP contribution in [0.1, 0.15) is 38.0 Å². The molecule has 1 heterocycles. The van der Waals surface area contributed by atoms with E-state index in [1.54, 1.807) is 12.5 Å². The Kier molecular flexibility index (Phi) is 3.53. The van der Waals surface area contributed by atoms with E-state index in [4.69, 9.17) is 0 Å². The summed E-state index contributed by atoms with van der Waals surface area (Å²) in [6.45, 7) is 7.09. The minimum atomic E-state index is -0.492. The van der Waals surface area contributed by atoms with E-state index in [1.165, 1.54) is 5.56 Å². The highest BCUT2D eigenvalue weighted by atomic mass is 16.3. The average molecular weight is 244 g/mol. The number of rotatable bonds is 3. The first-order valence-corrected chi connectivity index (χ1v) is 6.21. The van der Waals surface area contributed by atoms with Gasteiger partial charge in [0, 0.05) is 12.4 Å². The third-order valence-corrected chi connectivity index (χ3v) is 3.10. The number of aliphatic hydroxyl groups is 1. The van der Waals surface area contributed by atoms with E-state index in [1.807, 2.05) is 22.9 Å². The molecule has 0 aliphatic heterocycles. The van der Waals surface area contributed by atoms with Crippen LogP contribution in [-0.4, -0.2) is 14.7 Å². The number of imidazole rings is 1. The smallest absolute Gasteiger partial charge is 0.0969 e. The molecule has 18 heavy (non-hydrogen) atoms. The van der Waals surface area contributed by atoms with Gasteiger partial charge in [0.2, 0.25) is 0 Å². The standard InChI is InChI=1S/C15H20N2O/c1-15(2,3)13-6-4-12(5-7-13)14(18)10-17-9-8-16-11-17/h4-9,11,14,18H,10H2,1-3H3/t14-/m0/s1. The zero-order valence-electron chi connectivity index (χ0n) is 11.2. The molecule has 1 atom stereocenters. The molecule has 0 saturated carbocycles. The van der Waals surface area contributed by atoms with E-state index in [0.29, 0.717) is 6.54 Å². The van der Waals surface area contributed by atoms with Gasteiger partial charge in [0.25, 0.3) is 0 Å². The Balaban J connectivity index is 2.10. The van der Waals surface area contributed by atoms with Crippen molar-refractivity contribution < 1.29 is 5.11 Å². The monoisotopic (exact) mass is 244 g/mol. The molecule has 3 heteroatoms. The fourth-order valence-electron chi connectivity index (χ4n) is 1.91. The molecule has 96 valence electrons. The Bertz CT molecular complexity index is 480. The largest absolute Gasteiger partial charge is 0.387 e. The molecule has 1 aromatic heterocycles. The van der Waals surface area contributed by atoms with Crippen LogP contribution in [0.4, 0.5) is 0 Å². The molecule has 0 fully saturated rings. The predicted molar refractivity (Wildman–Crippen MR) is 72.3 cm³/mol. The summed E-state index contributed by atoms with van der Waals surface area (Å²) < 4.78 is 1.88. The van der Waals surface area contributed by atoms with Crippen LogP contribution < -0.4 is 0 Å². The summed E-state index contributed by atoms with van der Waals surface area (Å²) in [5.41, 5.74) is 2.37. The maximum absolute atomic E-state index is 10.1. The summed E-state index contributed by atoms with van der Waals surface area (Å²) >= 11 is 0. The van der Waals surface area contributed by atoms with Gasteiger partial charge in [0.15, 0.2) is 0 Å². The maximum atomic E-state index is 10.1. The van der Waals surface area contributed by atoms with Crippen molar-refractivity contribution in [2.24, 2.45) is 0 Å². The summed E-state index contributed by atoms with van der Waals surface area (Å²) in [5.74, 6) is 0. The van der Waals surface area contributed by atoms with Crippen molar-refractivity contribution in [1.82, 2.24) is 9.55 Å². The third-order valence-electron chi connectivity index (χ3n) is 3.10. The van der Waals surface area contributed by atoms with Crippen LogP contribution in [-0.2, 0) is 12.0 Å². The zero-order chi connectivity index (χ0) is 13.2. The van der Waals surface area contributed by atoms with E-state index >= 15 is 0 Å². The second-order valence-corrected chi connectivity index (χ2v) is 5.65. The van der Waals surface area contributed by atoms with E-state index in [0.717, 1.165) is 5.56 Å². The number of nitrogens with zero attached hydrogens (tertiary/aromatic N) is 2. The number of aliphatic hydroxyl groups excluding tert-OH is 1. The fraction of sp³-hybridized carbons (Fsp3) is 0.400.